The van der Waals surface area contributed by atoms with Crippen molar-refractivity contribution in [3.05, 3.63) is 28.8 Å². The fourth-order valence-corrected chi connectivity index (χ4v) is 1.86. The zero-order valence-electron chi connectivity index (χ0n) is 9.83. The second kappa shape index (κ2) is 6.74. The van der Waals surface area contributed by atoms with Crippen LogP contribution in [0.1, 0.15) is 12.5 Å². The van der Waals surface area contributed by atoms with Gasteiger partial charge in [-0.1, -0.05) is 24.6 Å². The van der Waals surface area contributed by atoms with Crippen LogP contribution in [0, 0.1) is 0 Å². The molecule has 90 valence electrons. The lowest BCUT2D eigenvalue weighted by Crippen LogP contribution is -2.21. The number of hydrogen-bond donors (Lipinski definition) is 2. The van der Waals surface area contributed by atoms with Gasteiger partial charge in [0.25, 0.3) is 0 Å². The van der Waals surface area contributed by atoms with Gasteiger partial charge in [0.2, 0.25) is 0 Å². The van der Waals surface area contributed by atoms with Crippen LogP contribution in [0.2, 0.25) is 5.02 Å². The standard InChI is InChI=1S/C12H19ClN2O/c1-3-14-9-10-4-5-12(11(13)8-10)15(2)6-7-16/h4-5,8,14,16H,3,6-7,9H2,1-2H3. The van der Waals surface area contributed by atoms with Gasteiger partial charge in [0.1, 0.15) is 0 Å². The third-order valence-electron chi connectivity index (χ3n) is 2.44. The highest BCUT2D eigenvalue weighted by Crippen LogP contribution is 2.25. The summed E-state index contributed by atoms with van der Waals surface area (Å²) < 4.78 is 0. The SMILES string of the molecule is CCNCc1ccc(N(C)CCO)c(Cl)c1. The number of anilines is 1. The first-order chi connectivity index (χ1) is 7.69. The minimum absolute atomic E-state index is 0.131. The van der Waals surface area contributed by atoms with E-state index in [4.69, 9.17) is 16.7 Å². The van der Waals surface area contributed by atoms with Gasteiger partial charge in [-0.05, 0) is 24.2 Å². The van der Waals surface area contributed by atoms with Crippen LogP contribution in [0.3, 0.4) is 0 Å². The molecule has 2 N–H and O–H groups in total. The van der Waals surface area contributed by atoms with Crippen molar-refractivity contribution in [1.29, 1.82) is 0 Å². The predicted octanol–water partition coefficient (Wildman–Crippen LogP) is 1.88. The van der Waals surface area contributed by atoms with E-state index in [1.807, 2.05) is 24.1 Å². The molecule has 0 bridgehead atoms. The lowest BCUT2D eigenvalue weighted by Gasteiger charge is -2.19. The molecule has 1 aromatic carbocycles. The monoisotopic (exact) mass is 242 g/mol. The lowest BCUT2D eigenvalue weighted by atomic mass is 10.2. The number of aliphatic hydroxyl groups excluding tert-OH is 1. The predicted molar refractivity (Wildman–Crippen MR) is 69.2 cm³/mol. The Labute approximate surface area is 102 Å². The molecule has 1 aromatic rings. The molecule has 0 aliphatic rings. The summed E-state index contributed by atoms with van der Waals surface area (Å²) in [6.07, 6.45) is 0. The largest absolute Gasteiger partial charge is 0.395 e. The van der Waals surface area contributed by atoms with Gasteiger partial charge in [-0.3, -0.25) is 0 Å². The lowest BCUT2D eigenvalue weighted by molar-refractivity contribution is 0.304. The molecular formula is C12H19ClN2O. The molecule has 1 rings (SSSR count). The molecule has 0 saturated carbocycles. The van der Waals surface area contributed by atoms with E-state index in [1.54, 1.807) is 0 Å². The summed E-state index contributed by atoms with van der Waals surface area (Å²) in [6, 6.07) is 6.01. The average Bonchev–Trinajstić information content (AvgIpc) is 2.26. The zero-order chi connectivity index (χ0) is 12.0. The number of hydrogen-bond acceptors (Lipinski definition) is 3. The van der Waals surface area contributed by atoms with Gasteiger partial charge in [-0.2, -0.15) is 0 Å². The highest BCUT2D eigenvalue weighted by atomic mass is 35.5. The average molecular weight is 243 g/mol. The molecule has 0 amide bonds. The molecule has 3 nitrogen and oxygen atoms in total. The summed E-state index contributed by atoms with van der Waals surface area (Å²) in [5.74, 6) is 0. The molecule has 0 spiro atoms. The van der Waals surface area contributed by atoms with Gasteiger partial charge in [0, 0.05) is 20.1 Å². The van der Waals surface area contributed by atoms with Gasteiger partial charge in [0.05, 0.1) is 17.3 Å². The van der Waals surface area contributed by atoms with E-state index in [9.17, 15) is 0 Å². The minimum Gasteiger partial charge on any atom is -0.395 e. The van der Waals surface area contributed by atoms with Crippen LogP contribution >= 0.6 is 11.6 Å². The van der Waals surface area contributed by atoms with Crippen molar-refractivity contribution in [2.24, 2.45) is 0 Å². The summed E-state index contributed by atoms with van der Waals surface area (Å²) in [4.78, 5) is 1.94. The maximum absolute atomic E-state index is 8.86. The maximum atomic E-state index is 8.86. The topological polar surface area (TPSA) is 35.5 Å². The normalized spacial score (nSPS) is 10.5. The van der Waals surface area contributed by atoms with Crippen molar-refractivity contribution in [1.82, 2.24) is 5.32 Å². The van der Waals surface area contributed by atoms with Gasteiger partial charge in [-0.25, -0.2) is 0 Å². The van der Waals surface area contributed by atoms with Crippen molar-refractivity contribution in [3.63, 3.8) is 0 Å². The number of aliphatic hydroxyl groups is 1. The van der Waals surface area contributed by atoms with Crippen LogP contribution < -0.4 is 10.2 Å². The zero-order valence-corrected chi connectivity index (χ0v) is 10.6. The van der Waals surface area contributed by atoms with Crippen LogP contribution in [0.4, 0.5) is 5.69 Å². The molecule has 0 fully saturated rings. The second-order valence-electron chi connectivity index (χ2n) is 3.71. The van der Waals surface area contributed by atoms with E-state index in [-0.39, 0.29) is 6.61 Å². The molecule has 16 heavy (non-hydrogen) atoms. The molecule has 0 radical (unpaired) electrons. The first-order valence-corrected chi connectivity index (χ1v) is 5.88. The van der Waals surface area contributed by atoms with Gasteiger partial charge in [0.15, 0.2) is 0 Å². The quantitative estimate of drug-likeness (QED) is 0.800. The molecule has 0 aliphatic heterocycles. The summed E-state index contributed by atoms with van der Waals surface area (Å²) in [5, 5.41) is 12.8. The Bertz CT molecular complexity index is 331. The number of halogens is 1. The Balaban J connectivity index is 2.74. The Morgan fingerprint density at radius 2 is 2.19 bits per heavy atom. The fourth-order valence-electron chi connectivity index (χ4n) is 1.51. The van der Waals surface area contributed by atoms with Crippen LogP contribution in [-0.4, -0.2) is 31.9 Å². The Hall–Kier alpha value is -0.770. The number of rotatable bonds is 6. The van der Waals surface area contributed by atoms with Crippen molar-refractivity contribution in [2.45, 2.75) is 13.5 Å². The summed E-state index contributed by atoms with van der Waals surface area (Å²) >= 11 is 6.19. The molecule has 4 heteroatoms. The number of nitrogens with one attached hydrogen (secondary N) is 1. The maximum Gasteiger partial charge on any atom is 0.0642 e. The molecule has 0 aromatic heterocycles. The van der Waals surface area contributed by atoms with Crippen LogP contribution in [0.15, 0.2) is 18.2 Å². The smallest absolute Gasteiger partial charge is 0.0642 e. The number of nitrogens with zero attached hydrogens (tertiary/aromatic N) is 1. The Morgan fingerprint density at radius 1 is 1.44 bits per heavy atom. The molecule has 0 heterocycles. The summed E-state index contributed by atoms with van der Waals surface area (Å²) in [5.41, 5.74) is 2.13. The van der Waals surface area contributed by atoms with Gasteiger partial charge < -0.3 is 15.3 Å². The minimum atomic E-state index is 0.131. The van der Waals surface area contributed by atoms with Gasteiger partial charge in [-0.15, -0.1) is 0 Å². The number of benzene rings is 1. The van der Waals surface area contributed by atoms with E-state index in [2.05, 4.69) is 18.3 Å². The van der Waals surface area contributed by atoms with E-state index < -0.39 is 0 Å². The Morgan fingerprint density at radius 3 is 2.75 bits per heavy atom. The summed E-state index contributed by atoms with van der Waals surface area (Å²) in [7, 11) is 1.92. The molecule has 0 unspecified atom stereocenters. The highest BCUT2D eigenvalue weighted by molar-refractivity contribution is 6.33. The summed E-state index contributed by atoms with van der Waals surface area (Å²) in [6.45, 7) is 4.58. The van der Waals surface area contributed by atoms with Crippen molar-refractivity contribution < 1.29 is 5.11 Å². The first-order valence-electron chi connectivity index (χ1n) is 5.50. The molecular weight excluding hydrogens is 224 g/mol. The molecule has 0 saturated heterocycles. The first kappa shape index (κ1) is 13.3. The van der Waals surface area contributed by atoms with Crippen LogP contribution in [-0.2, 0) is 6.54 Å². The molecule has 0 atom stereocenters. The van der Waals surface area contributed by atoms with E-state index in [1.165, 1.54) is 5.56 Å². The van der Waals surface area contributed by atoms with E-state index >= 15 is 0 Å². The van der Waals surface area contributed by atoms with Gasteiger partial charge >= 0.3 is 0 Å². The van der Waals surface area contributed by atoms with E-state index in [0.717, 1.165) is 23.8 Å². The van der Waals surface area contributed by atoms with Crippen LogP contribution in [0.5, 0.6) is 0 Å². The third kappa shape index (κ3) is 3.67. The fraction of sp³-hybridized carbons (Fsp3) is 0.500. The second-order valence-corrected chi connectivity index (χ2v) is 4.12. The van der Waals surface area contributed by atoms with Crippen molar-refractivity contribution in [3.8, 4) is 0 Å². The highest BCUT2D eigenvalue weighted by Gasteiger charge is 2.06. The Kier molecular flexibility index (Phi) is 5.60. The third-order valence-corrected chi connectivity index (χ3v) is 2.74. The van der Waals surface area contributed by atoms with Crippen molar-refractivity contribution >= 4 is 17.3 Å². The molecule has 0 aliphatic carbocycles. The van der Waals surface area contributed by atoms with Crippen molar-refractivity contribution in [2.75, 3.05) is 31.6 Å². The van der Waals surface area contributed by atoms with Crippen LogP contribution in [0.25, 0.3) is 0 Å². The van der Waals surface area contributed by atoms with E-state index in [0.29, 0.717) is 6.54 Å². The number of likely N-dealkylation sites (N-methyl/N-ethyl adjacent to an activating group) is 1.